The van der Waals surface area contributed by atoms with Crippen molar-refractivity contribution in [1.82, 2.24) is 19.9 Å². The lowest BCUT2D eigenvalue weighted by Gasteiger charge is -2.05. The van der Waals surface area contributed by atoms with Gasteiger partial charge in [-0.2, -0.15) is 0 Å². The van der Waals surface area contributed by atoms with E-state index < -0.39 is 4.92 Å². The van der Waals surface area contributed by atoms with Gasteiger partial charge in [0.25, 0.3) is 5.56 Å². The van der Waals surface area contributed by atoms with Gasteiger partial charge in [0.05, 0.1) is 4.92 Å². The summed E-state index contributed by atoms with van der Waals surface area (Å²) < 4.78 is 0. The number of aromatic amines is 1. The molecule has 10 heteroatoms. The zero-order chi connectivity index (χ0) is 14.5. The smallest absolute Gasteiger partial charge is 0.343 e. The third-order valence-corrected chi connectivity index (χ3v) is 3.05. The summed E-state index contributed by atoms with van der Waals surface area (Å²) in [6.07, 6.45) is 2.54. The molecule has 20 heavy (non-hydrogen) atoms. The summed E-state index contributed by atoms with van der Waals surface area (Å²) in [5.41, 5.74) is -0.586. The maximum atomic E-state index is 11.2. The molecular formula is C10H10N6O3S. The molecule has 0 amide bonds. The minimum absolute atomic E-state index is 0.107. The number of nitrogens with zero attached hydrogens (tertiary/aromatic N) is 4. The second-order valence-corrected chi connectivity index (χ2v) is 4.48. The average Bonchev–Trinajstić information content (AvgIpc) is 2.39. The van der Waals surface area contributed by atoms with E-state index in [1.165, 1.54) is 18.6 Å². The standard InChI is InChI=1S/C10H10N6O3S/c1-2-11-8-7(16(18)19)9(14-5-13-8)20-10-12-4-3-6(17)15-10/h3-5H,2H2,1H3,(H,11,13,14)(H,12,15,17). The molecule has 2 N–H and O–H groups in total. The number of H-pyrrole nitrogens is 1. The summed E-state index contributed by atoms with van der Waals surface area (Å²) in [5, 5.41) is 14.3. The van der Waals surface area contributed by atoms with Gasteiger partial charge >= 0.3 is 5.69 Å². The van der Waals surface area contributed by atoms with E-state index in [1.807, 2.05) is 0 Å². The molecule has 0 spiro atoms. The second kappa shape index (κ2) is 6.10. The predicted octanol–water partition coefficient (Wildman–Crippen LogP) is 1.05. The van der Waals surface area contributed by atoms with Crippen molar-refractivity contribution in [3.05, 3.63) is 39.1 Å². The fourth-order valence-electron chi connectivity index (χ4n) is 1.39. The van der Waals surface area contributed by atoms with Crippen LogP contribution in [0.1, 0.15) is 6.92 Å². The quantitative estimate of drug-likeness (QED) is 0.362. The highest BCUT2D eigenvalue weighted by Gasteiger charge is 2.23. The number of anilines is 1. The van der Waals surface area contributed by atoms with E-state index >= 15 is 0 Å². The van der Waals surface area contributed by atoms with Crippen LogP contribution in [0.15, 0.2) is 33.6 Å². The normalized spacial score (nSPS) is 10.2. The molecule has 0 atom stereocenters. The van der Waals surface area contributed by atoms with Crippen molar-refractivity contribution in [2.75, 3.05) is 11.9 Å². The van der Waals surface area contributed by atoms with Crippen LogP contribution in [-0.2, 0) is 0 Å². The minimum Gasteiger partial charge on any atom is -0.364 e. The largest absolute Gasteiger partial charge is 0.364 e. The molecule has 2 rings (SSSR count). The van der Waals surface area contributed by atoms with Crippen molar-refractivity contribution in [1.29, 1.82) is 0 Å². The highest BCUT2D eigenvalue weighted by molar-refractivity contribution is 7.99. The van der Waals surface area contributed by atoms with Crippen LogP contribution in [0.3, 0.4) is 0 Å². The van der Waals surface area contributed by atoms with Crippen LogP contribution < -0.4 is 10.9 Å². The molecule has 0 bridgehead atoms. The van der Waals surface area contributed by atoms with Crippen molar-refractivity contribution in [2.24, 2.45) is 0 Å². The first kappa shape index (κ1) is 13.9. The lowest BCUT2D eigenvalue weighted by Crippen LogP contribution is -2.07. The summed E-state index contributed by atoms with van der Waals surface area (Å²) in [6.45, 7) is 2.29. The zero-order valence-electron chi connectivity index (χ0n) is 10.4. The van der Waals surface area contributed by atoms with Crippen molar-refractivity contribution in [2.45, 2.75) is 17.1 Å². The number of nitro groups is 1. The molecule has 0 fully saturated rings. The summed E-state index contributed by atoms with van der Waals surface area (Å²) in [6, 6.07) is 1.25. The van der Waals surface area contributed by atoms with Gasteiger partial charge in [0.1, 0.15) is 6.33 Å². The van der Waals surface area contributed by atoms with E-state index in [-0.39, 0.29) is 27.2 Å². The van der Waals surface area contributed by atoms with Gasteiger partial charge in [-0.1, -0.05) is 0 Å². The van der Waals surface area contributed by atoms with E-state index in [2.05, 4.69) is 25.3 Å². The maximum Gasteiger partial charge on any atom is 0.343 e. The number of hydrogen-bond acceptors (Lipinski definition) is 8. The second-order valence-electron chi connectivity index (χ2n) is 3.50. The van der Waals surface area contributed by atoms with Crippen LogP contribution in [0, 0.1) is 10.1 Å². The van der Waals surface area contributed by atoms with E-state index in [9.17, 15) is 14.9 Å². The molecule has 0 saturated carbocycles. The molecule has 0 saturated heterocycles. The van der Waals surface area contributed by atoms with Gasteiger partial charge in [-0.05, 0) is 18.7 Å². The predicted molar refractivity (Wildman–Crippen MR) is 71.8 cm³/mol. The molecule has 104 valence electrons. The van der Waals surface area contributed by atoms with Gasteiger partial charge in [-0.25, -0.2) is 15.0 Å². The fraction of sp³-hybridized carbons (Fsp3) is 0.200. The number of rotatable bonds is 5. The monoisotopic (exact) mass is 294 g/mol. The minimum atomic E-state index is -0.568. The summed E-state index contributed by atoms with van der Waals surface area (Å²) in [7, 11) is 0. The third-order valence-electron chi connectivity index (χ3n) is 2.16. The first-order chi connectivity index (χ1) is 9.61. The molecule has 0 aliphatic rings. The fourth-order valence-corrected chi connectivity index (χ4v) is 2.21. The van der Waals surface area contributed by atoms with E-state index in [1.54, 1.807) is 6.92 Å². The molecule has 0 aliphatic heterocycles. The summed E-state index contributed by atoms with van der Waals surface area (Å²) in [5.74, 6) is 0.133. The lowest BCUT2D eigenvalue weighted by molar-refractivity contribution is -0.387. The van der Waals surface area contributed by atoms with Crippen LogP contribution >= 0.6 is 11.8 Å². The Balaban J connectivity index is 2.43. The summed E-state index contributed by atoms with van der Waals surface area (Å²) >= 11 is 0.897. The Morgan fingerprint density at radius 2 is 2.25 bits per heavy atom. The molecule has 9 nitrogen and oxygen atoms in total. The Labute approximate surface area is 117 Å². The molecule has 0 unspecified atom stereocenters. The Morgan fingerprint density at radius 1 is 1.45 bits per heavy atom. The highest BCUT2D eigenvalue weighted by atomic mass is 32.2. The first-order valence-corrected chi connectivity index (χ1v) is 6.40. The number of aromatic nitrogens is 4. The van der Waals surface area contributed by atoms with Crippen molar-refractivity contribution in [3.8, 4) is 0 Å². The van der Waals surface area contributed by atoms with Gasteiger partial charge in [0.2, 0.25) is 5.82 Å². The molecule has 2 aromatic heterocycles. The van der Waals surface area contributed by atoms with Gasteiger partial charge in [-0.3, -0.25) is 14.9 Å². The van der Waals surface area contributed by atoms with Crippen molar-refractivity contribution < 1.29 is 4.92 Å². The lowest BCUT2D eigenvalue weighted by atomic mass is 10.5. The average molecular weight is 294 g/mol. The molecule has 2 aromatic rings. The number of nitrogens with one attached hydrogen (secondary N) is 2. The van der Waals surface area contributed by atoms with E-state index in [4.69, 9.17) is 0 Å². The number of hydrogen-bond donors (Lipinski definition) is 2. The molecule has 2 heterocycles. The van der Waals surface area contributed by atoms with Gasteiger partial charge < -0.3 is 10.3 Å². The van der Waals surface area contributed by atoms with Gasteiger partial charge in [0, 0.05) is 18.8 Å². The SMILES string of the molecule is CCNc1ncnc(Sc2nccc(=O)[nH]2)c1[N+](=O)[O-]. The van der Waals surface area contributed by atoms with Gasteiger partial charge in [-0.15, -0.1) is 0 Å². The van der Waals surface area contributed by atoms with Crippen LogP contribution in [-0.4, -0.2) is 31.4 Å². The Bertz CT molecular complexity index is 689. The van der Waals surface area contributed by atoms with Gasteiger partial charge in [0.15, 0.2) is 10.2 Å². The molecular weight excluding hydrogens is 284 g/mol. The Kier molecular flexibility index (Phi) is 4.25. The first-order valence-electron chi connectivity index (χ1n) is 5.58. The van der Waals surface area contributed by atoms with Crippen LogP contribution in [0.5, 0.6) is 0 Å². The van der Waals surface area contributed by atoms with Crippen LogP contribution in [0.25, 0.3) is 0 Å². The third kappa shape index (κ3) is 3.09. The van der Waals surface area contributed by atoms with E-state index in [0.717, 1.165) is 11.8 Å². The summed E-state index contributed by atoms with van der Waals surface area (Å²) in [4.78, 5) is 35.9. The van der Waals surface area contributed by atoms with Crippen LogP contribution in [0.4, 0.5) is 11.5 Å². The highest BCUT2D eigenvalue weighted by Crippen LogP contribution is 2.34. The van der Waals surface area contributed by atoms with Crippen LogP contribution in [0.2, 0.25) is 0 Å². The Hall–Kier alpha value is -2.49. The topological polar surface area (TPSA) is 127 Å². The molecule has 0 aromatic carbocycles. The maximum absolute atomic E-state index is 11.2. The zero-order valence-corrected chi connectivity index (χ0v) is 11.2. The molecule has 0 aliphatic carbocycles. The Morgan fingerprint density at radius 3 is 2.90 bits per heavy atom. The van der Waals surface area contributed by atoms with Crippen molar-refractivity contribution >= 4 is 23.3 Å². The molecule has 0 radical (unpaired) electrons. The van der Waals surface area contributed by atoms with Crippen molar-refractivity contribution in [3.63, 3.8) is 0 Å². The van der Waals surface area contributed by atoms with E-state index in [0.29, 0.717) is 6.54 Å².